The summed E-state index contributed by atoms with van der Waals surface area (Å²) < 4.78 is 12.7. The highest BCUT2D eigenvalue weighted by atomic mass is 79.9. The molecule has 0 aliphatic carbocycles. The molecule has 0 aliphatic heterocycles. The van der Waals surface area contributed by atoms with Gasteiger partial charge in [-0.25, -0.2) is 9.97 Å². The highest BCUT2D eigenvalue weighted by molar-refractivity contribution is 9.10. The fourth-order valence-corrected chi connectivity index (χ4v) is 4.16. The Morgan fingerprint density at radius 2 is 2.15 bits per heavy atom. The van der Waals surface area contributed by atoms with Gasteiger partial charge in [0.2, 0.25) is 5.91 Å². The number of methoxy groups -OCH3 is 1. The Bertz CT molecular complexity index is 1110. The number of carbonyl (C=O) groups excluding carboxylic acids is 1. The van der Waals surface area contributed by atoms with Crippen molar-refractivity contribution < 1.29 is 13.9 Å². The summed E-state index contributed by atoms with van der Waals surface area (Å²) in [4.78, 5) is 21.0. The lowest BCUT2D eigenvalue weighted by Gasteiger charge is -1.98. The molecule has 0 spiro atoms. The molecule has 0 fully saturated rings. The topological polar surface area (TPSA) is 77.2 Å². The van der Waals surface area contributed by atoms with Crippen LogP contribution in [-0.4, -0.2) is 28.7 Å². The van der Waals surface area contributed by atoms with Crippen LogP contribution in [0, 0.1) is 0 Å². The molecule has 0 saturated heterocycles. The molecule has 1 amide bonds. The van der Waals surface area contributed by atoms with Gasteiger partial charge in [0.1, 0.15) is 11.3 Å². The van der Waals surface area contributed by atoms with Crippen LogP contribution in [0.3, 0.4) is 0 Å². The second-order valence-corrected chi connectivity index (χ2v) is 8.15. The number of benzene rings is 2. The van der Waals surface area contributed by atoms with Gasteiger partial charge in [0.05, 0.1) is 23.1 Å². The average Bonchev–Trinajstić information content (AvgIpc) is 3.21. The van der Waals surface area contributed by atoms with E-state index in [-0.39, 0.29) is 11.7 Å². The molecule has 2 aromatic carbocycles. The summed E-state index contributed by atoms with van der Waals surface area (Å²) in [6.07, 6.45) is 0. The summed E-state index contributed by atoms with van der Waals surface area (Å²) in [6, 6.07) is 11.2. The summed E-state index contributed by atoms with van der Waals surface area (Å²) >= 11 is 6.06. The zero-order chi connectivity index (χ0) is 18.1. The van der Waals surface area contributed by atoms with Crippen LogP contribution >= 0.6 is 39.0 Å². The SMILES string of the molecule is COc1ccc2sc(NC(=O)CSc3nc4cc(Br)ccc4o3)nc2c1. The number of thiazole rings is 1. The Kier molecular flexibility index (Phi) is 4.84. The number of aromatic nitrogens is 2. The number of halogens is 1. The van der Waals surface area contributed by atoms with Crippen molar-refractivity contribution >= 4 is 71.4 Å². The molecule has 0 radical (unpaired) electrons. The number of nitrogens with zero attached hydrogens (tertiary/aromatic N) is 2. The smallest absolute Gasteiger partial charge is 0.257 e. The number of anilines is 1. The van der Waals surface area contributed by atoms with E-state index in [0.29, 0.717) is 15.9 Å². The van der Waals surface area contributed by atoms with Gasteiger partial charge in [0.15, 0.2) is 10.7 Å². The number of nitrogens with one attached hydrogen (secondary N) is 1. The Labute approximate surface area is 165 Å². The maximum Gasteiger partial charge on any atom is 0.257 e. The maximum atomic E-state index is 12.2. The van der Waals surface area contributed by atoms with E-state index < -0.39 is 0 Å². The van der Waals surface area contributed by atoms with E-state index in [9.17, 15) is 4.79 Å². The highest BCUT2D eigenvalue weighted by Gasteiger charge is 2.12. The van der Waals surface area contributed by atoms with Crippen molar-refractivity contribution in [2.75, 3.05) is 18.2 Å². The molecule has 0 aliphatic rings. The molecular weight excluding hydrogens is 438 g/mol. The zero-order valence-corrected chi connectivity index (χ0v) is 16.7. The Morgan fingerprint density at radius 1 is 1.27 bits per heavy atom. The van der Waals surface area contributed by atoms with E-state index in [1.54, 1.807) is 7.11 Å². The van der Waals surface area contributed by atoms with E-state index in [4.69, 9.17) is 9.15 Å². The van der Waals surface area contributed by atoms with Gasteiger partial charge in [-0.2, -0.15) is 0 Å². The first-order chi connectivity index (χ1) is 12.6. The minimum absolute atomic E-state index is 0.163. The minimum atomic E-state index is -0.163. The fraction of sp³-hybridized carbons (Fsp3) is 0.118. The Balaban J connectivity index is 1.41. The molecule has 2 aromatic heterocycles. The van der Waals surface area contributed by atoms with Crippen molar-refractivity contribution in [1.29, 1.82) is 0 Å². The summed E-state index contributed by atoms with van der Waals surface area (Å²) in [5, 5.41) is 3.83. The Morgan fingerprint density at radius 3 is 3.00 bits per heavy atom. The number of oxazole rings is 1. The summed E-state index contributed by atoms with van der Waals surface area (Å²) in [5.41, 5.74) is 2.24. The quantitative estimate of drug-likeness (QED) is 0.434. The number of amides is 1. The molecule has 1 N–H and O–H groups in total. The number of carbonyl (C=O) groups is 1. The molecule has 0 atom stereocenters. The standard InChI is InChI=1S/C17H12BrN3O3S2/c1-23-10-3-5-14-12(7-10)19-16(26-14)21-15(22)8-25-17-20-11-6-9(18)2-4-13(11)24-17/h2-7H,8H2,1H3,(H,19,21,22). The maximum absolute atomic E-state index is 12.2. The summed E-state index contributed by atoms with van der Waals surface area (Å²) in [6.45, 7) is 0. The monoisotopic (exact) mass is 449 g/mol. The minimum Gasteiger partial charge on any atom is -0.497 e. The van der Waals surface area contributed by atoms with Gasteiger partial charge in [0.25, 0.3) is 5.22 Å². The fourth-order valence-electron chi connectivity index (χ4n) is 2.31. The van der Waals surface area contributed by atoms with Gasteiger partial charge in [-0.3, -0.25) is 4.79 Å². The number of hydrogen-bond donors (Lipinski definition) is 1. The molecule has 4 aromatic rings. The van der Waals surface area contributed by atoms with Crippen LogP contribution in [0.2, 0.25) is 0 Å². The van der Waals surface area contributed by atoms with E-state index in [1.807, 2.05) is 36.4 Å². The number of rotatable bonds is 5. The van der Waals surface area contributed by atoms with Crippen molar-refractivity contribution in [3.63, 3.8) is 0 Å². The number of hydrogen-bond acceptors (Lipinski definition) is 7. The van der Waals surface area contributed by atoms with Crippen LogP contribution in [0.25, 0.3) is 21.3 Å². The van der Waals surface area contributed by atoms with Crippen molar-refractivity contribution in [3.8, 4) is 5.75 Å². The molecule has 0 saturated carbocycles. The van der Waals surface area contributed by atoms with Crippen molar-refractivity contribution in [2.24, 2.45) is 0 Å². The Hall–Kier alpha value is -2.10. The van der Waals surface area contributed by atoms with Crippen molar-refractivity contribution in [3.05, 3.63) is 40.9 Å². The van der Waals surface area contributed by atoms with Gasteiger partial charge in [-0.15, -0.1) is 0 Å². The second-order valence-electron chi connectivity index (χ2n) is 5.28. The average molecular weight is 450 g/mol. The van der Waals surface area contributed by atoms with Crippen LogP contribution in [0.15, 0.2) is 50.5 Å². The highest BCUT2D eigenvalue weighted by Crippen LogP contribution is 2.29. The van der Waals surface area contributed by atoms with Crippen LogP contribution in [0.5, 0.6) is 5.75 Å². The molecule has 132 valence electrons. The van der Waals surface area contributed by atoms with Gasteiger partial charge < -0.3 is 14.5 Å². The molecule has 0 unspecified atom stereocenters. The normalized spacial score (nSPS) is 11.2. The third kappa shape index (κ3) is 3.69. The lowest BCUT2D eigenvalue weighted by atomic mass is 10.3. The third-order valence-corrected chi connectivity index (χ3v) is 5.77. The third-order valence-electron chi connectivity index (χ3n) is 3.50. The molecule has 9 heteroatoms. The van der Waals surface area contributed by atoms with E-state index in [2.05, 4.69) is 31.2 Å². The van der Waals surface area contributed by atoms with Gasteiger partial charge in [-0.1, -0.05) is 39.0 Å². The summed E-state index contributed by atoms with van der Waals surface area (Å²) in [5.74, 6) is 0.760. The predicted octanol–water partition coefficient (Wildman–Crippen LogP) is 4.94. The number of thioether (sulfide) groups is 1. The molecule has 6 nitrogen and oxygen atoms in total. The zero-order valence-electron chi connectivity index (χ0n) is 13.5. The first kappa shape index (κ1) is 17.3. The van der Waals surface area contributed by atoms with E-state index in [1.165, 1.54) is 23.1 Å². The van der Waals surface area contributed by atoms with Crippen molar-refractivity contribution in [1.82, 2.24) is 9.97 Å². The van der Waals surface area contributed by atoms with Crippen LogP contribution < -0.4 is 10.1 Å². The molecule has 2 heterocycles. The van der Waals surface area contributed by atoms with Crippen molar-refractivity contribution in [2.45, 2.75) is 5.22 Å². The molecule has 26 heavy (non-hydrogen) atoms. The van der Waals surface area contributed by atoms with E-state index in [0.717, 1.165) is 26.0 Å². The first-order valence-electron chi connectivity index (χ1n) is 7.54. The largest absolute Gasteiger partial charge is 0.497 e. The van der Waals surface area contributed by atoms with Gasteiger partial charge in [-0.05, 0) is 30.3 Å². The molecule has 0 bridgehead atoms. The lowest BCUT2D eigenvalue weighted by Crippen LogP contribution is -2.13. The lowest BCUT2D eigenvalue weighted by molar-refractivity contribution is -0.113. The predicted molar refractivity (Wildman–Crippen MR) is 107 cm³/mol. The van der Waals surface area contributed by atoms with Gasteiger partial charge in [0, 0.05) is 10.5 Å². The molecule has 4 rings (SSSR count). The van der Waals surface area contributed by atoms with E-state index >= 15 is 0 Å². The van der Waals surface area contributed by atoms with Crippen LogP contribution in [0.4, 0.5) is 5.13 Å². The van der Waals surface area contributed by atoms with Crippen LogP contribution in [-0.2, 0) is 4.79 Å². The number of fused-ring (bicyclic) bond motifs is 2. The van der Waals surface area contributed by atoms with Crippen LogP contribution in [0.1, 0.15) is 0 Å². The second kappa shape index (κ2) is 7.26. The number of ether oxygens (including phenoxy) is 1. The summed E-state index contributed by atoms with van der Waals surface area (Å²) in [7, 11) is 1.61. The van der Waals surface area contributed by atoms with Gasteiger partial charge >= 0.3 is 0 Å². The first-order valence-corrected chi connectivity index (χ1v) is 10.1. The molecular formula is C17H12BrN3O3S2.